The summed E-state index contributed by atoms with van der Waals surface area (Å²) in [6, 6.07) is 3.28. The van der Waals surface area contributed by atoms with Gasteiger partial charge in [-0.15, -0.1) is 0 Å². The summed E-state index contributed by atoms with van der Waals surface area (Å²) in [6.45, 7) is 5.00. The van der Waals surface area contributed by atoms with Gasteiger partial charge in [0.25, 0.3) is 0 Å². The maximum atomic E-state index is 13.1. The number of benzene rings is 1. The van der Waals surface area contributed by atoms with Crippen molar-refractivity contribution >= 4 is 12.1 Å². The number of hydrogen-bond donors (Lipinski definition) is 2. The van der Waals surface area contributed by atoms with Gasteiger partial charge in [0, 0.05) is 6.54 Å². The number of alkyl carbamates (subject to hydrolysis) is 1. The molecule has 0 unspecified atom stereocenters. The Bertz CT molecular complexity index is 494. The molecule has 0 radical (unpaired) electrons. The Balaban J connectivity index is 2.75. The number of rotatable bonds is 3. The first kappa shape index (κ1) is 14.9. The minimum Gasteiger partial charge on any atom is -0.478 e. The molecule has 1 aromatic rings. The monoisotopic (exact) mass is 269 g/mol. The van der Waals surface area contributed by atoms with Crippen LogP contribution in [0.25, 0.3) is 0 Å². The van der Waals surface area contributed by atoms with Gasteiger partial charge in [-0.05, 0) is 44.5 Å². The zero-order chi connectivity index (χ0) is 14.6. The first-order chi connectivity index (χ1) is 8.69. The molecule has 0 heterocycles. The highest BCUT2D eigenvalue weighted by atomic mass is 19.1. The molecular weight excluding hydrogens is 253 g/mol. The summed E-state index contributed by atoms with van der Waals surface area (Å²) >= 11 is 0. The van der Waals surface area contributed by atoms with Gasteiger partial charge in [0.05, 0.1) is 5.56 Å². The highest BCUT2D eigenvalue weighted by molar-refractivity contribution is 5.89. The largest absolute Gasteiger partial charge is 0.478 e. The maximum absolute atomic E-state index is 13.1. The van der Waals surface area contributed by atoms with Crippen LogP contribution in [0.1, 0.15) is 36.7 Å². The predicted molar refractivity (Wildman–Crippen MR) is 66.4 cm³/mol. The van der Waals surface area contributed by atoms with Crippen LogP contribution in [-0.2, 0) is 11.3 Å². The van der Waals surface area contributed by atoms with Gasteiger partial charge in [-0.25, -0.2) is 14.0 Å². The smallest absolute Gasteiger partial charge is 0.407 e. The van der Waals surface area contributed by atoms with E-state index in [1.807, 2.05) is 0 Å². The number of amides is 1. The second-order valence-electron chi connectivity index (χ2n) is 4.96. The maximum Gasteiger partial charge on any atom is 0.407 e. The van der Waals surface area contributed by atoms with Crippen molar-refractivity contribution in [1.82, 2.24) is 5.32 Å². The highest BCUT2D eigenvalue weighted by Gasteiger charge is 2.17. The van der Waals surface area contributed by atoms with Crippen LogP contribution in [0.3, 0.4) is 0 Å². The van der Waals surface area contributed by atoms with Gasteiger partial charge in [0.1, 0.15) is 11.4 Å². The number of carboxylic acid groups (broad SMARTS) is 1. The van der Waals surface area contributed by atoms with Gasteiger partial charge in [0.2, 0.25) is 0 Å². The van der Waals surface area contributed by atoms with E-state index in [4.69, 9.17) is 9.84 Å². The van der Waals surface area contributed by atoms with E-state index in [9.17, 15) is 14.0 Å². The van der Waals surface area contributed by atoms with E-state index in [-0.39, 0.29) is 17.7 Å². The van der Waals surface area contributed by atoms with Crippen LogP contribution in [0.15, 0.2) is 18.2 Å². The summed E-state index contributed by atoms with van der Waals surface area (Å²) in [5.41, 5.74) is -0.530. The predicted octanol–water partition coefficient (Wildman–Crippen LogP) is 2.55. The molecule has 0 fully saturated rings. The lowest BCUT2D eigenvalue weighted by atomic mass is 10.1. The molecule has 0 aromatic heterocycles. The summed E-state index contributed by atoms with van der Waals surface area (Å²) in [5.74, 6) is -1.74. The SMILES string of the molecule is CC(C)(C)OC(=O)NCc1cc(F)ccc1C(=O)O. The van der Waals surface area contributed by atoms with E-state index in [0.29, 0.717) is 0 Å². The van der Waals surface area contributed by atoms with Gasteiger partial charge in [-0.3, -0.25) is 0 Å². The second-order valence-corrected chi connectivity index (χ2v) is 4.96. The molecule has 1 amide bonds. The van der Waals surface area contributed by atoms with Gasteiger partial charge < -0.3 is 15.2 Å². The Morgan fingerprint density at radius 3 is 2.53 bits per heavy atom. The van der Waals surface area contributed by atoms with Crippen LogP contribution in [0.5, 0.6) is 0 Å². The topological polar surface area (TPSA) is 75.6 Å². The number of nitrogens with one attached hydrogen (secondary N) is 1. The fourth-order valence-corrected chi connectivity index (χ4v) is 1.40. The molecule has 1 aromatic carbocycles. The lowest BCUT2D eigenvalue weighted by molar-refractivity contribution is 0.0520. The number of carbonyl (C=O) groups is 2. The number of halogens is 1. The molecule has 2 N–H and O–H groups in total. The van der Waals surface area contributed by atoms with Crippen LogP contribution < -0.4 is 5.32 Å². The van der Waals surface area contributed by atoms with Crippen LogP contribution in [0.4, 0.5) is 9.18 Å². The van der Waals surface area contributed by atoms with E-state index in [1.54, 1.807) is 20.8 Å². The second kappa shape index (κ2) is 5.69. The average Bonchev–Trinajstić information content (AvgIpc) is 2.23. The lowest BCUT2D eigenvalue weighted by Gasteiger charge is -2.19. The van der Waals surface area contributed by atoms with E-state index in [2.05, 4.69) is 5.32 Å². The fourth-order valence-electron chi connectivity index (χ4n) is 1.40. The number of carboxylic acids is 1. The molecule has 0 saturated heterocycles. The molecule has 1 rings (SSSR count). The number of carbonyl (C=O) groups excluding carboxylic acids is 1. The van der Waals surface area contributed by atoms with Crippen molar-refractivity contribution in [3.05, 3.63) is 35.1 Å². The van der Waals surface area contributed by atoms with Crippen molar-refractivity contribution < 1.29 is 23.8 Å². The molecule has 19 heavy (non-hydrogen) atoms. The molecule has 0 saturated carbocycles. The van der Waals surface area contributed by atoms with Gasteiger partial charge >= 0.3 is 12.1 Å². The van der Waals surface area contributed by atoms with Crippen molar-refractivity contribution in [3.8, 4) is 0 Å². The third-order valence-corrected chi connectivity index (χ3v) is 2.12. The first-order valence-corrected chi connectivity index (χ1v) is 5.67. The zero-order valence-corrected chi connectivity index (χ0v) is 11.0. The number of aromatic carboxylic acids is 1. The average molecular weight is 269 g/mol. The molecule has 0 bridgehead atoms. The summed E-state index contributed by atoms with van der Waals surface area (Å²) in [4.78, 5) is 22.4. The van der Waals surface area contributed by atoms with E-state index in [1.165, 1.54) is 0 Å². The van der Waals surface area contributed by atoms with Gasteiger partial charge in [-0.2, -0.15) is 0 Å². The summed E-state index contributed by atoms with van der Waals surface area (Å²) in [5, 5.41) is 11.3. The lowest BCUT2D eigenvalue weighted by Crippen LogP contribution is -2.32. The summed E-state index contributed by atoms with van der Waals surface area (Å²) in [7, 11) is 0. The van der Waals surface area contributed by atoms with Crippen molar-refractivity contribution in [2.75, 3.05) is 0 Å². The third kappa shape index (κ3) is 4.95. The summed E-state index contributed by atoms with van der Waals surface area (Å²) in [6.07, 6.45) is -0.687. The normalized spacial score (nSPS) is 10.9. The van der Waals surface area contributed by atoms with Crippen molar-refractivity contribution in [3.63, 3.8) is 0 Å². The molecule has 5 nitrogen and oxygen atoms in total. The van der Waals surface area contributed by atoms with Crippen LogP contribution in [-0.4, -0.2) is 22.8 Å². The quantitative estimate of drug-likeness (QED) is 0.884. The van der Waals surface area contributed by atoms with Crippen LogP contribution in [0.2, 0.25) is 0 Å². The van der Waals surface area contributed by atoms with Gasteiger partial charge in [0.15, 0.2) is 0 Å². The van der Waals surface area contributed by atoms with E-state index in [0.717, 1.165) is 18.2 Å². The van der Waals surface area contributed by atoms with Crippen molar-refractivity contribution in [1.29, 1.82) is 0 Å². The Labute approximate surface area is 110 Å². The molecule has 0 atom stereocenters. The molecule has 0 spiro atoms. The molecule has 104 valence electrons. The Kier molecular flexibility index (Phi) is 4.47. The van der Waals surface area contributed by atoms with Crippen LogP contribution >= 0.6 is 0 Å². The zero-order valence-electron chi connectivity index (χ0n) is 11.0. The Morgan fingerprint density at radius 2 is 2.00 bits per heavy atom. The fraction of sp³-hybridized carbons (Fsp3) is 0.385. The van der Waals surface area contributed by atoms with Gasteiger partial charge in [-0.1, -0.05) is 0 Å². The Hall–Kier alpha value is -2.11. The van der Waals surface area contributed by atoms with E-state index >= 15 is 0 Å². The molecule has 0 aliphatic carbocycles. The number of ether oxygens (including phenoxy) is 1. The van der Waals surface area contributed by atoms with Crippen molar-refractivity contribution in [2.24, 2.45) is 0 Å². The minimum absolute atomic E-state index is 0.0579. The standard InChI is InChI=1S/C13H16FNO4/c1-13(2,3)19-12(18)15-7-8-6-9(14)4-5-10(8)11(16)17/h4-6H,7H2,1-3H3,(H,15,18)(H,16,17). The minimum atomic E-state index is -1.18. The molecule has 0 aliphatic rings. The molecule has 6 heteroatoms. The first-order valence-electron chi connectivity index (χ1n) is 5.67. The number of hydrogen-bond acceptors (Lipinski definition) is 3. The summed E-state index contributed by atoms with van der Waals surface area (Å²) < 4.78 is 18.1. The Morgan fingerprint density at radius 1 is 1.37 bits per heavy atom. The van der Waals surface area contributed by atoms with E-state index < -0.39 is 23.5 Å². The molecule has 0 aliphatic heterocycles. The van der Waals surface area contributed by atoms with Crippen molar-refractivity contribution in [2.45, 2.75) is 32.9 Å². The molecular formula is C13H16FNO4. The third-order valence-electron chi connectivity index (χ3n) is 2.12. The highest BCUT2D eigenvalue weighted by Crippen LogP contribution is 2.12. The van der Waals surface area contributed by atoms with Crippen LogP contribution in [0, 0.1) is 5.82 Å².